The van der Waals surface area contributed by atoms with Crippen molar-refractivity contribution in [2.75, 3.05) is 0 Å². The lowest BCUT2D eigenvalue weighted by Crippen LogP contribution is -3.00. The number of carbonyl (C=O) groups is 1. The first-order chi connectivity index (χ1) is 12.6. The van der Waals surface area contributed by atoms with E-state index in [9.17, 15) is 4.79 Å². The average Bonchev–Trinajstić information content (AvgIpc) is 2.66. The Kier molecular flexibility index (Phi) is 9.47. The number of aromatic nitrogens is 2. The van der Waals surface area contributed by atoms with Crippen molar-refractivity contribution in [2.24, 2.45) is 10.9 Å². The molecule has 1 amide bonds. The summed E-state index contributed by atoms with van der Waals surface area (Å²) in [5.41, 5.74) is 8.96. The molecule has 28 heavy (non-hydrogen) atoms. The van der Waals surface area contributed by atoms with Crippen molar-refractivity contribution >= 4 is 12.1 Å². The van der Waals surface area contributed by atoms with Crippen LogP contribution in [-0.4, -0.2) is 17.3 Å². The van der Waals surface area contributed by atoms with Crippen LogP contribution in [0.2, 0.25) is 0 Å². The number of nitrogens with zero attached hydrogens (tertiary/aromatic N) is 3. The Bertz CT molecular complexity index is 912. The molecule has 0 radical (unpaired) electrons. The first kappa shape index (κ1) is 23.5. The second kappa shape index (κ2) is 11.3. The lowest BCUT2D eigenvalue weighted by atomic mass is 10.1. The van der Waals surface area contributed by atoms with Crippen molar-refractivity contribution in [3.8, 4) is 0 Å². The molecule has 0 saturated carbocycles. The van der Waals surface area contributed by atoms with Crippen molar-refractivity contribution < 1.29 is 53.1 Å². The van der Waals surface area contributed by atoms with E-state index >= 15 is 0 Å². The van der Waals surface area contributed by atoms with Crippen LogP contribution in [0, 0.1) is 0 Å². The van der Waals surface area contributed by atoms with E-state index < -0.39 is 5.91 Å². The molecule has 2 aromatic heterocycles. The summed E-state index contributed by atoms with van der Waals surface area (Å²) >= 11 is 0. The molecule has 6 nitrogen and oxygen atoms in total. The molecule has 0 unspecified atom stereocenters. The van der Waals surface area contributed by atoms with E-state index in [0.29, 0.717) is 5.56 Å². The Morgan fingerprint density at radius 1 is 0.857 bits per heavy atom. The molecular weight excluding hydrogens is 488 g/mol. The zero-order valence-electron chi connectivity index (χ0n) is 15.0. The molecule has 0 bridgehead atoms. The Hall–Kier alpha value is -2.58. The van der Waals surface area contributed by atoms with Crippen molar-refractivity contribution in [1.29, 1.82) is 0 Å². The standard InChI is InChI=1S/C20H18N4O2.2BrH/c21-20(25)19-7-11-24(12-8-19)15-18-3-1-17(2-4-18)14-23-9-5-16(6-10-23)13-22-26;;/h1-13H,14-15H2,(H-,21,25);2*1H. The highest BCUT2D eigenvalue weighted by Crippen LogP contribution is 2.05. The smallest absolute Gasteiger partial charge is 0.249 e. The summed E-state index contributed by atoms with van der Waals surface area (Å²) in [6, 6.07) is 15.6. The second-order valence-corrected chi connectivity index (χ2v) is 5.99. The third-order valence-electron chi connectivity index (χ3n) is 4.05. The number of rotatable bonds is 6. The van der Waals surface area contributed by atoms with Crippen LogP contribution >= 0.6 is 0 Å². The number of hydrogen-bond donors (Lipinski definition) is 2. The fraction of sp³-hybridized carbons (Fsp3) is 0.100. The van der Waals surface area contributed by atoms with Gasteiger partial charge in [-0.05, 0) is 0 Å². The summed E-state index contributed by atoms with van der Waals surface area (Å²) in [6.07, 6.45) is 8.98. The number of pyridine rings is 2. The van der Waals surface area contributed by atoms with Crippen LogP contribution < -0.4 is 48.8 Å². The van der Waals surface area contributed by atoms with E-state index in [1.807, 2.05) is 41.5 Å². The molecule has 0 saturated heterocycles. The predicted molar refractivity (Wildman–Crippen MR) is 95.8 cm³/mol. The maximum absolute atomic E-state index is 11.1. The molecule has 2 heterocycles. The summed E-state index contributed by atoms with van der Waals surface area (Å²) in [5, 5.41) is 11.6. The van der Waals surface area contributed by atoms with Crippen LogP contribution in [0.1, 0.15) is 27.0 Å². The van der Waals surface area contributed by atoms with Gasteiger partial charge in [0.15, 0.2) is 37.9 Å². The second-order valence-electron chi connectivity index (χ2n) is 5.99. The van der Waals surface area contributed by atoms with Gasteiger partial charge in [0.05, 0.1) is 11.8 Å². The highest BCUT2D eigenvalue weighted by Gasteiger charge is 2.07. The van der Waals surface area contributed by atoms with Gasteiger partial charge in [-0.1, -0.05) is 29.4 Å². The first-order valence-corrected chi connectivity index (χ1v) is 8.17. The molecule has 8 heteroatoms. The third kappa shape index (κ3) is 6.54. The average molecular weight is 508 g/mol. The summed E-state index contributed by atoms with van der Waals surface area (Å²) in [4.78, 5) is 11.1. The number of benzene rings is 1. The fourth-order valence-corrected chi connectivity index (χ4v) is 2.63. The molecule has 0 atom stereocenters. The van der Waals surface area contributed by atoms with Gasteiger partial charge in [-0.15, -0.1) is 0 Å². The van der Waals surface area contributed by atoms with Gasteiger partial charge in [-0.2, -0.15) is 0 Å². The largest absolute Gasteiger partial charge is 1.00 e. The maximum atomic E-state index is 11.1. The van der Waals surface area contributed by atoms with Crippen LogP contribution in [-0.2, 0) is 13.1 Å². The zero-order valence-corrected chi connectivity index (χ0v) is 18.1. The maximum Gasteiger partial charge on any atom is 0.249 e. The predicted octanol–water partition coefficient (Wildman–Crippen LogP) is -4.73. The van der Waals surface area contributed by atoms with Crippen molar-refractivity contribution in [1.82, 2.24) is 0 Å². The number of hydrogen-bond acceptors (Lipinski definition) is 3. The van der Waals surface area contributed by atoms with E-state index in [4.69, 9.17) is 10.9 Å². The number of halogens is 2. The van der Waals surface area contributed by atoms with E-state index in [2.05, 4.69) is 34.0 Å². The minimum absolute atomic E-state index is 0. The molecule has 0 aliphatic carbocycles. The Labute approximate surface area is 184 Å². The Morgan fingerprint density at radius 3 is 1.68 bits per heavy atom. The Morgan fingerprint density at radius 2 is 1.29 bits per heavy atom. The van der Waals surface area contributed by atoms with E-state index in [0.717, 1.165) is 18.7 Å². The van der Waals surface area contributed by atoms with Gasteiger partial charge in [0.2, 0.25) is 5.91 Å². The lowest BCUT2D eigenvalue weighted by molar-refractivity contribution is -0.689. The van der Waals surface area contributed by atoms with Crippen LogP contribution in [0.4, 0.5) is 0 Å². The van der Waals surface area contributed by atoms with Crippen molar-refractivity contribution in [3.63, 3.8) is 0 Å². The van der Waals surface area contributed by atoms with E-state index in [1.165, 1.54) is 17.3 Å². The van der Waals surface area contributed by atoms with E-state index in [-0.39, 0.29) is 34.0 Å². The van der Waals surface area contributed by atoms with Crippen LogP contribution in [0.15, 0.2) is 78.5 Å². The first-order valence-electron chi connectivity index (χ1n) is 8.17. The van der Waals surface area contributed by atoms with Gasteiger partial charge < -0.3 is 44.9 Å². The van der Waals surface area contributed by atoms with Gasteiger partial charge in [0.25, 0.3) is 0 Å². The molecular formula is C20H20Br2N4O2. The van der Waals surface area contributed by atoms with Gasteiger partial charge in [0, 0.05) is 41.0 Å². The van der Waals surface area contributed by atoms with Crippen LogP contribution in [0.5, 0.6) is 0 Å². The third-order valence-corrected chi connectivity index (χ3v) is 4.05. The highest BCUT2D eigenvalue weighted by molar-refractivity contribution is 5.92. The SMILES string of the molecule is NC(=O)c1cc[n+](Cc2ccc(C[n+]3ccc(/C=N/O)cc3)cc2)cc1.[Br-].[Br-]. The molecule has 3 rings (SSSR count). The fourth-order valence-electron chi connectivity index (χ4n) is 2.63. The summed E-state index contributed by atoms with van der Waals surface area (Å²) < 4.78 is 4.05. The molecule has 0 aliphatic heterocycles. The van der Waals surface area contributed by atoms with Crippen molar-refractivity contribution in [2.45, 2.75) is 13.1 Å². The molecule has 3 aromatic rings. The minimum Gasteiger partial charge on any atom is -1.00 e. The summed E-state index contributed by atoms with van der Waals surface area (Å²) in [6.45, 7) is 1.49. The van der Waals surface area contributed by atoms with Crippen molar-refractivity contribution in [3.05, 3.63) is 95.6 Å². The zero-order chi connectivity index (χ0) is 18.4. The minimum atomic E-state index is -0.421. The quantitative estimate of drug-likeness (QED) is 0.152. The number of oxime groups is 1. The molecule has 0 fully saturated rings. The topological polar surface area (TPSA) is 83.4 Å². The molecule has 146 valence electrons. The summed E-state index contributed by atoms with van der Waals surface area (Å²) in [5.74, 6) is -0.421. The summed E-state index contributed by atoms with van der Waals surface area (Å²) in [7, 11) is 0. The normalized spacial score (nSPS) is 10.1. The number of carbonyl (C=O) groups excluding carboxylic acids is 1. The highest BCUT2D eigenvalue weighted by atomic mass is 79.9. The van der Waals surface area contributed by atoms with Gasteiger partial charge >= 0.3 is 0 Å². The lowest BCUT2D eigenvalue weighted by Gasteiger charge is -2.01. The molecule has 1 aromatic carbocycles. The molecule has 0 aliphatic rings. The van der Waals surface area contributed by atoms with E-state index in [1.54, 1.807) is 12.1 Å². The number of nitrogens with two attached hydrogens (primary N) is 1. The molecule has 0 spiro atoms. The van der Waals surface area contributed by atoms with Gasteiger partial charge in [0.1, 0.15) is 0 Å². The Balaban J connectivity index is 0.00000196. The van der Waals surface area contributed by atoms with Crippen LogP contribution in [0.3, 0.4) is 0 Å². The van der Waals surface area contributed by atoms with Crippen LogP contribution in [0.25, 0.3) is 0 Å². The molecule has 3 N–H and O–H groups in total. The van der Waals surface area contributed by atoms with Gasteiger partial charge in [-0.25, -0.2) is 9.13 Å². The number of amides is 1. The number of primary amides is 1. The monoisotopic (exact) mass is 506 g/mol. The van der Waals surface area contributed by atoms with Gasteiger partial charge in [-0.3, -0.25) is 4.79 Å².